The van der Waals surface area contributed by atoms with Crippen LogP contribution in [0.3, 0.4) is 0 Å². The van der Waals surface area contributed by atoms with E-state index in [0.29, 0.717) is 16.9 Å². The summed E-state index contributed by atoms with van der Waals surface area (Å²) in [6.45, 7) is 3.95. The predicted octanol–water partition coefficient (Wildman–Crippen LogP) is 2.64. The lowest BCUT2D eigenvalue weighted by Gasteiger charge is -2.14. The summed E-state index contributed by atoms with van der Waals surface area (Å²) in [4.78, 5) is 25.5. The Bertz CT molecular complexity index is 870. The maximum absolute atomic E-state index is 13.1. The Hall–Kier alpha value is -3.12. The second-order valence-electron chi connectivity index (χ2n) is 6.17. The number of esters is 1. The van der Waals surface area contributed by atoms with Gasteiger partial charge in [0.15, 0.2) is 5.78 Å². The Kier molecular flexibility index (Phi) is 5.57. The molecule has 1 heterocycles. The van der Waals surface area contributed by atoms with Crippen molar-refractivity contribution in [3.63, 3.8) is 0 Å². The van der Waals surface area contributed by atoms with Crippen LogP contribution in [0, 0.1) is 6.92 Å². The molecular formula is C21H22N2O4. The molecule has 1 aliphatic heterocycles. The third kappa shape index (κ3) is 3.85. The number of methoxy groups -OCH3 is 1. The molecule has 140 valence electrons. The van der Waals surface area contributed by atoms with Crippen LogP contribution in [0.4, 0.5) is 0 Å². The Morgan fingerprint density at radius 3 is 2.30 bits per heavy atom. The maximum atomic E-state index is 13.1. The number of hydrogen-bond donors (Lipinski definition) is 2. The van der Waals surface area contributed by atoms with E-state index in [0.717, 1.165) is 11.1 Å². The zero-order valence-corrected chi connectivity index (χ0v) is 15.5. The third-order valence-corrected chi connectivity index (χ3v) is 4.38. The summed E-state index contributed by atoms with van der Waals surface area (Å²) in [5, 5.41) is 0. The quantitative estimate of drug-likeness (QED) is 0.605. The molecule has 0 saturated heterocycles. The van der Waals surface area contributed by atoms with E-state index in [1.54, 1.807) is 38.3 Å². The summed E-state index contributed by atoms with van der Waals surface area (Å²) in [5.41, 5.74) is 8.94. The number of nitrogens with one attached hydrogen (secondary N) is 2. The second-order valence-corrected chi connectivity index (χ2v) is 6.17. The average Bonchev–Trinajstić information content (AvgIpc) is 3.13. The summed E-state index contributed by atoms with van der Waals surface area (Å²) >= 11 is 0. The lowest BCUT2D eigenvalue weighted by Crippen LogP contribution is -2.39. The lowest BCUT2D eigenvalue weighted by molar-refractivity contribution is -0.138. The minimum atomic E-state index is -0.708. The molecule has 0 unspecified atom stereocenters. The van der Waals surface area contributed by atoms with Crippen LogP contribution in [0.2, 0.25) is 0 Å². The molecule has 0 amide bonds. The van der Waals surface area contributed by atoms with Gasteiger partial charge in [-0.2, -0.15) is 0 Å². The minimum absolute atomic E-state index is 0.132. The SMILES string of the molecule is CCOC(=O)C1=C(c2ccc(OC)cc2)[C@H](C(=O)c2ccc(C)cc2)NN1. The minimum Gasteiger partial charge on any atom is -0.497 e. The Morgan fingerprint density at radius 2 is 1.70 bits per heavy atom. The Labute approximate surface area is 158 Å². The van der Waals surface area contributed by atoms with Gasteiger partial charge in [-0.1, -0.05) is 42.0 Å². The van der Waals surface area contributed by atoms with E-state index in [9.17, 15) is 9.59 Å². The van der Waals surface area contributed by atoms with Gasteiger partial charge in [-0.15, -0.1) is 0 Å². The van der Waals surface area contributed by atoms with Crippen molar-refractivity contribution in [2.24, 2.45) is 0 Å². The molecule has 1 atom stereocenters. The van der Waals surface area contributed by atoms with Gasteiger partial charge >= 0.3 is 5.97 Å². The van der Waals surface area contributed by atoms with Crippen molar-refractivity contribution in [2.45, 2.75) is 19.9 Å². The fourth-order valence-corrected chi connectivity index (χ4v) is 2.96. The van der Waals surface area contributed by atoms with Crippen molar-refractivity contribution in [3.05, 3.63) is 70.9 Å². The third-order valence-electron chi connectivity index (χ3n) is 4.38. The summed E-state index contributed by atoms with van der Waals surface area (Å²) in [6.07, 6.45) is 0. The van der Waals surface area contributed by atoms with Crippen molar-refractivity contribution >= 4 is 17.3 Å². The number of rotatable bonds is 6. The highest BCUT2D eigenvalue weighted by Crippen LogP contribution is 2.29. The van der Waals surface area contributed by atoms with Gasteiger partial charge in [0.25, 0.3) is 0 Å². The number of benzene rings is 2. The van der Waals surface area contributed by atoms with Crippen molar-refractivity contribution in [3.8, 4) is 5.75 Å². The van der Waals surface area contributed by atoms with E-state index in [1.807, 2.05) is 31.2 Å². The fraction of sp³-hybridized carbons (Fsp3) is 0.238. The number of hydrogen-bond acceptors (Lipinski definition) is 6. The normalized spacial score (nSPS) is 16.0. The molecule has 0 spiro atoms. The van der Waals surface area contributed by atoms with Crippen LogP contribution in [0.5, 0.6) is 5.75 Å². The molecule has 2 aromatic rings. The predicted molar refractivity (Wildman–Crippen MR) is 102 cm³/mol. The summed E-state index contributed by atoms with van der Waals surface area (Å²) < 4.78 is 10.3. The molecule has 6 nitrogen and oxygen atoms in total. The smallest absolute Gasteiger partial charge is 0.356 e. The van der Waals surface area contributed by atoms with Crippen LogP contribution in [0.25, 0.3) is 5.57 Å². The van der Waals surface area contributed by atoms with Crippen molar-refractivity contribution in [1.82, 2.24) is 10.9 Å². The largest absolute Gasteiger partial charge is 0.497 e. The van der Waals surface area contributed by atoms with Crippen LogP contribution in [-0.2, 0) is 9.53 Å². The second kappa shape index (κ2) is 8.05. The number of ketones is 1. The highest BCUT2D eigenvalue weighted by atomic mass is 16.5. The molecule has 3 rings (SSSR count). The zero-order valence-electron chi connectivity index (χ0n) is 15.5. The fourth-order valence-electron chi connectivity index (χ4n) is 2.96. The van der Waals surface area contributed by atoms with Crippen LogP contribution >= 0.6 is 0 Å². The molecule has 0 radical (unpaired) electrons. The number of Topliss-reactive ketones (excluding diaryl/α,β-unsaturated/α-hetero) is 1. The van der Waals surface area contributed by atoms with Crippen LogP contribution < -0.4 is 15.6 Å². The van der Waals surface area contributed by atoms with Crippen molar-refractivity contribution in [1.29, 1.82) is 0 Å². The number of carbonyl (C=O) groups is 2. The van der Waals surface area contributed by atoms with E-state index in [1.165, 1.54) is 0 Å². The van der Waals surface area contributed by atoms with Gasteiger partial charge in [0, 0.05) is 11.1 Å². The zero-order chi connectivity index (χ0) is 19.4. The molecule has 27 heavy (non-hydrogen) atoms. The molecule has 1 aliphatic rings. The van der Waals surface area contributed by atoms with Gasteiger partial charge in [-0.25, -0.2) is 10.2 Å². The molecule has 0 bridgehead atoms. The van der Waals surface area contributed by atoms with E-state index >= 15 is 0 Å². The number of hydrazine groups is 1. The number of carbonyl (C=O) groups excluding carboxylic acids is 2. The summed E-state index contributed by atoms with van der Waals surface area (Å²) in [5.74, 6) is 0.0556. The van der Waals surface area contributed by atoms with Gasteiger partial charge < -0.3 is 14.9 Å². The van der Waals surface area contributed by atoms with Gasteiger partial charge in [0.05, 0.1) is 13.7 Å². The Morgan fingerprint density at radius 1 is 1.04 bits per heavy atom. The first-order valence-corrected chi connectivity index (χ1v) is 8.73. The van der Waals surface area contributed by atoms with Crippen LogP contribution in [-0.4, -0.2) is 31.5 Å². The van der Waals surface area contributed by atoms with E-state index in [2.05, 4.69) is 10.9 Å². The molecule has 2 N–H and O–H groups in total. The highest BCUT2D eigenvalue weighted by Gasteiger charge is 2.35. The van der Waals surface area contributed by atoms with Crippen LogP contribution in [0.1, 0.15) is 28.4 Å². The lowest BCUT2D eigenvalue weighted by atomic mass is 9.92. The van der Waals surface area contributed by atoms with E-state index < -0.39 is 12.0 Å². The first-order valence-electron chi connectivity index (χ1n) is 8.73. The summed E-state index contributed by atoms with van der Waals surface area (Å²) in [7, 11) is 1.58. The number of ether oxygens (including phenoxy) is 2. The molecular weight excluding hydrogens is 344 g/mol. The number of aryl methyl sites for hydroxylation is 1. The molecule has 0 saturated carbocycles. The first-order chi connectivity index (χ1) is 13.0. The molecule has 0 aromatic heterocycles. The van der Waals surface area contributed by atoms with Gasteiger partial charge in [-0.05, 0) is 31.5 Å². The molecule has 2 aromatic carbocycles. The van der Waals surface area contributed by atoms with Gasteiger partial charge in [-0.3, -0.25) is 4.79 Å². The average molecular weight is 366 g/mol. The maximum Gasteiger partial charge on any atom is 0.356 e. The van der Waals surface area contributed by atoms with Crippen molar-refractivity contribution < 1.29 is 19.1 Å². The monoisotopic (exact) mass is 366 g/mol. The van der Waals surface area contributed by atoms with Crippen LogP contribution in [0.15, 0.2) is 54.2 Å². The summed E-state index contributed by atoms with van der Waals surface area (Å²) in [6, 6.07) is 13.8. The first kappa shape index (κ1) is 18.7. The standard InChI is InChI=1S/C21H22N2O4/c1-4-27-21(25)19-17(14-9-11-16(26-3)12-10-14)18(22-23-19)20(24)15-7-5-13(2)6-8-15/h5-12,18,22-23H,4H2,1-3H3/t18-/m1/s1. The van der Waals surface area contributed by atoms with Crippen molar-refractivity contribution in [2.75, 3.05) is 13.7 Å². The highest BCUT2D eigenvalue weighted by molar-refractivity contribution is 6.12. The Balaban J connectivity index is 2.02. The molecule has 0 fully saturated rings. The van der Waals surface area contributed by atoms with E-state index in [4.69, 9.17) is 9.47 Å². The van der Waals surface area contributed by atoms with Gasteiger partial charge in [0.1, 0.15) is 17.5 Å². The van der Waals surface area contributed by atoms with Gasteiger partial charge in [0.2, 0.25) is 0 Å². The van der Waals surface area contributed by atoms with E-state index in [-0.39, 0.29) is 18.1 Å². The topological polar surface area (TPSA) is 76.7 Å². The molecule has 0 aliphatic carbocycles. The molecule has 6 heteroatoms.